The van der Waals surface area contributed by atoms with Crippen LogP contribution in [0.25, 0.3) is 0 Å². The second-order valence-electron chi connectivity index (χ2n) is 5.48. The van der Waals surface area contributed by atoms with Gasteiger partial charge in [-0.2, -0.15) is 0 Å². The van der Waals surface area contributed by atoms with Crippen LogP contribution >= 0.6 is 0 Å². The van der Waals surface area contributed by atoms with Gasteiger partial charge in [0.15, 0.2) is 14.1 Å². The van der Waals surface area contributed by atoms with Gasteiger partial charge in [0.25, 0.3) is 0 Å². The van der Waals surface area contributed by atoms with Crippen molar-refractivity contribution in [2.45, 2.75) is 52.4 Å². The Hall–Kier alpha value is -0.813. The molecule has 1 rings (SSSR count). The van der Waals surface area contributed by atoms with Crippen LogP contribution in [0.4, 0.5) is 0 Å². The fraction of sp³-hybridized carbons (Fsp3) is 0.727. The maximum Gasteiger partial charge on any atom is 0.519 e. The van der Waals surface area contributed by atoms with Gasteiger partial charge in [0.1, 0.15) is 5.76 Å². The van der Waals surface area contributed by atoms with Crippen LogP contribution in [0.2, 0.25) is 18.1 Å². The van der Waals surface area contributed by atoms with Crippen LogP contribution in [0, 0.1) is 6.92 Å². The fourth-order valence-electron chi connectivity index (χ4n) is 0.969. The molecule has 0 bridgehead atoms. The summed E-state index contributed by atoms with van der Waals surface area (Å²) in [6.45, 7) is 12.8. The molecule has 92 valence electrons. The van der Waals surface area contributed by atoms with Crippen molar-refractivity contribution in [2.75, 3.05) is 0 Å². The van der Waals surface area contributed by atoms with E-state index in [9.17, 15) is 4.79 Å². The Balaban J connectivity index is 2.72. The monoisotopic (exact) mass is 244 g/mol. The quantitative estimate of drug-likeness (QED) is 0.767. The lowest BCUT2D eigenvalue weighted by Gasteiger charge is -2.35. The van der Waals surface area contributed by atoms with Gasteiger partial charge in [0, 0.05) is 0 Å². The smallest absolute Gasteiger partial charge is 0.409 e. The van der Waals surface area contributed by atoms with Crippen molar-refractivity contribution in [1.82, 2.24) is 0 Å². The predicted octanol–water partition coefficient (Wildman–Crippen LogP) is 3.06. The van der Waals surface area contributed by atoms with Crippen LogP contribution in [-0.4, -0.2) is 8.32 Å². The first-order chi connectivity index (χ1) is 7.13. The Morgan fingerprint density at radius 1 is 1.25 bits per heavy atom. The average Bonchev–Trinajstić information content (AvgIpc) is 2.39. The highest BCUT2D eigenvalue weighted by molar-refractivity contribution is 6.74. The van der Waals surface area contributed by atoms with E-state index in [-0.39, 0.29) is 5.04 Å². The third-order valence-electron chi connectivity index (χ3n) is 3.21. The third kappa shape index (κ3) is 2.86. The van der Waals surface area contributed by atoms with Gasteiger partial charge in [-0.3, -0.25) is 0 Å². The van der Waals surface area contributed by atoms with Crippen molar-refractivity contribution >= 4 is 8.32 Å². The molecule has 0 aliphatic rings. The standard InChI is InChI=1S/C11H20O4Si/c1-8-9(15-10(12)14-8)7-13-16(5,6)11(2,3)4/h7H2,1-6H3. The molecular weight excluding hydrogens is 224 g/mol. The van der Waals surface area contributed by atoms with Gasteiger partial charge in [0.2, 0.25) is 0 Å². The number of hydrogen-bond donors (Lipinski definition) is 0. The van der Waals surface area contributed by atoms with Crippen LogP contribution in [0.1, 0.15) is 32.3 Å². The van der Waals surface area contributed by atoms with E-state index in [0.717, 1.165) is 0 Å². The summed E-state index contributed by atoms with van der Waals surface area (Å²) in [4.78, 5) is 10.9. The molecule has 1 heterocycles. The molecule has 5 heteroatoms. The molecule has 0 atom stereocenters. The molecule has 0 spiro atoms. The second kappa shape index (κ2) is 4.22. The van der Waals surface area contributed by atoms with Crippen LogP contribution in [0.5, 0.6) is 0 Å². The van der Waals surface area contributed by atoms with Crippen LogP contribution in [-0.2, 0) is 11.0 Å². The molecule has 0 aromatic carbocycles. The maximum atomic E-state index is 10.9. The zero-order valence-electron chi connectivity index (χ0n) is 10.8. The number of rotatable bonds is 3. The Labute approximate surface area is 96.7 Å². The molecule has 0 saturated heterocycles. The third-order valence-corrected chi connectivity index (χ3v) is 7.68. The number of aryl methyl sites for hydroxylation is 1. The van der Waals surface area contributed by atoms with Crippen molar-refractivity contribution in [3.05, 3.63) is 22.1 Å². The molecule has 1 aromatic rings. The van der Waals surface area contributed by atoms with E-state index in [2.05, 4.69) is 33.9 Å². The summed E-state index contributed by atoms with van der Waals surface area (Å²) >= 11 is 0. The summed E-state index contributed by atoms with van der Waals surface area (Å²) in [6.07, 6.45) is 0. The highest BCUT2D eigenvalue weighted by atomic mass is 28.4. The summed E-state index contributed by atoms with van der Waals surface area (Å²) < 4.78 is 15.6. The summed E-state index contributed by atoms with van der Waals surface area (Å²) in [5.74, 6) is 0.338. The highest BCUT2D eigenvalue weighted by Crippen LogP contribution is 2.37. The predicted molar refractivity (Wildman–Crippen MR) is 64.0 cm³/mol. The van der Waals surface area contributed by atoms with Crippen molar-refractivity contribution in [2.24, 2.45) is 0 Å². The molecule has 0 amide bonds. The molecule has 0 fully saturated rings. The fourth-order valence-corrected chi connectivity index (χ4v) is 1.89. The van der Waals surface area contributed by atoms with Gasteiger partial charge in [-0.25, -0.2) is 4.79 Å². The largest absolute Gasteiger partial charge is 0.519 e. The van der Waals surface area contributed by atoms with Crippen LogP contribution in [0.15, 0.2) is 13.6 Å². The van der Waals surface area contributed by atoms with Crippen molar-refractivity contribution in [3.63, 3.8) is 0 Å². The zero-order chi connectivity index (χ0) is 12.6. The molecule has 0 N–H and O–H groups in total. The van der Waals surface area contributed by atoms with E-state index in [0.29, 0.717) is 18.1 Å². The van der Waals surface area contributed by atoms with E-state index < -0.39 is 14.1 Å². The second-order valence-corrected chi connectivity index (χ2v) is 10.3. The molecule has 4 nitrogen and oxygen atoms in total. The van der Waals surface area contributed by atoms with Gasteiger partial charge in [-0.1, -0.05) is 20.8 Å². The zero-order valence-corrected chi connectivity index (χ0v) is 11.8. The Kier molecular flexibility index (Phi) is 3.49. The molecule has 0 aliphatic carbocycles. The Morgan fingerprint density at radius 2 is 1.81 bits per heavy atom. The van der Waals surface area contributed by atoms with Gasteiger partial charge in [-0.15, -0.1) is 0 Å². The van der Waals surface area contributed by atoms with E-state index in [1.807, 2.05) is 0 Å². The minimum Gasteiger partial charge on any atom is -0.409 e. The molecule has 0 radical (unpaired) electrons. The number of hydrogen-bond acceptors (Lipinski definition) is 4. The van der Waals surface area contributed by atoms with Gasteiger partial charge in [-0.05, 0) is 25.1 Å². The minimum atomic E-state index is -1.81. The molecule has 0 unspecified atom stereocenters. The normalized spacial score (nSPS) is 13.1. The van der Waals surface area contributed by atoms with E-state index >= 15 is 0 Å². The van der Waals surface area contributed by atoms with Gasteiger partial charge in [0.05, 0.1) is 6.61 Å². The first kappa shape index (κ1) is 13.3. The van der Waals surface area contributed by atoms with Crippen molar-refractivity contribution < 1.29 is 13.3 Å². The first-order valence-corrected chi connectivity index (χ1v) is 8.28. The highest BCUT2D eigenvalue weighted by Gasteiger charge is 2.37. The molecule has 0 saturated carbocycles. The summed E-state index contributed by atoms with van der Waals surface area (Å²) in [7, 11) is -1.81. The lowest BCUT2D eigenvalue weighted by Crippen LogP contribution is -2.40. The van der Waals surface area contributed by atoms with Gasteiger partial charge < -0.3 is 13.3 Å². The van der Waals surface area contributed by atoms with Crippen LogP contribution in [0.3, 0.4) is 0 Å². The van der Waals surface area contributed by atoms with Crippen molar-refractivity contribution in [1.29, 1.82) is 0 Å². The van der Waals surface area contributed by atoms with E-state index in [1.165, 1.54) is 0 Å². The first-order valence-electron chi connectivity index (χ1n) is 5.37. The average molecular weight is 244 g/mol. The lowest BCUT2D eigenvalue weighted by atomic mass is 10.2. The summed E-state index contributed by atoms with van der Waals surface area (Å²) in [5.41, 5.74) is 0. The summed E-state index contributed by atoms with van der Waals surface area (Å²) in [6, 6.07) is 0. The van der Waals surface area contributed by atoms with E-state index in [1.54, 1.807) is 6.92 Å². The molecular formula is C11H20O4Si. The summed E-state index contributed by atoms with van der Waals surface area (Å²) in [5, 5.41) is 0.144. The maximum absolute atomic E-state index is 10.9. The van der Waals surface area contributed by atoms with Crippen LogP contribution < -0.4 is 5.82 Å². The van der Waals surface area contributed by atoms with Gasteiger partial charge >= 0.3 is 5.82 Å². The lowest BCUT2D eigenvalue weighted by molar-refractivity contribution is 0.240. The van der Waals surface area contributed by atoms with E-state index in [4.69, 9.17) is 13.3 Å². The Bertz CT molecular complexity index is 408. The molecule has 16 heavy (non-hydrogen) atoms. The Morgan fingerprint density at radius 3 is 2.19 bits per heavy atom. The topological polar surface area (TPSA) is 52.6 Å². The SMILES string of the molecule is Cc1oc(=O)oc1CO[Si](C)(C)C(C)(C)C. The van der Waals surface area contributed by atoms with Crippen molar-refractivity contribution in [3.8, 4) is 0 Å². The minimum absolute atomic E-state index is 0.144. The molecule has 0 aliphatic heterocycles. The molecule has 1 aromatic heterocycles.